The Kier molecular flexibility index (Phi) is 5.69. The van der Waals surface area contributed by atoms with Gasteiger partial charge in [0.1, 0.15) is 0 Å². The minimum atomic E-state index is -4.54. The first kappa shape index (κ1) is 17.8. The van der Waals surface area contributed by atoms with E-state index in [0.29, 0.717) is 14.2 Å². The number of nitrogens with one attached hydrogen (secondary N) is 1. The Labute approximate surface area is 149 Å². The predicted molar refractivity (Wildman–Crippen MR) is 93.3 cm³/mol. The van der Waals surface area contributed by atoms with Crippen molar-refractivity contribution in [2.75, 3.05) is 5.32 Å². The molecule has 0 aliphatic carbocycles. The van der Waals surface area contributed by atoms with E-state index in [1.165, 1.54) is 24.3 Å². The van der Waals surface area contributed by atoms with Crippen LogP contribution in [0.15, 0.2) is 48.5 Å². The number of rotatable bonds is 3. The summed E-state index contributed by atoms with van der Waals surface area (Å²) in [7, 11) is 0. The molecule has 0 heterocycles. The monoisotopic (exact) mass is 451 g/mol. The lowest BCUT2D eigenvalue weighted by atomic mass is 10.1. The van der Waals surface area contributed by atoms with Gasteiger partial charge in [-0.05, 0) is 64.6 Å². The van der Waals surface area contributed by atoms with E-state index in [0.717, 1.165) is 6.07 Å². The Morgan fingerprint density at radius 3 is 2.39 bits per heavy atom. The number of carbonyl (C=O) groups is 1. The van der Waals surface area contributed by atoms with Crippen LogP contribution in [0.1, 0.15) is 11.1 Å². The molecule has 0 unspecified atom stereocenters. The van der Waals surface area contributed by atoms with E-state index in [9.17, 15) is 18.0 Å². The van der Waals surface area contributed by atoms with Crippen LogP contribution in [-0.4, -0.2) is 5.91 Å². The molecule has 2 aromatic rings. The molecule has 2 rings (SSSR count). The molecule has 0 bridgehead atoms. The van der Waals surface area contributed by atoms with Gasteiger partial charge < -0.3 is 5.32 Å². The highest BCUT2D eigenvalue weighted by molar-refractivity contribution is 14.1. The number of benzene rings is 2. The van der Waals surface area contributed by atoms with E-state index in [-0.39, 0.29) is 5.69 Å². The SMILES string of the molecule is O=C(C=Cc1ccc(Cl)cc1)Nc1ccc(I)cc1C(F)(F)F. The summed E-state index contributed by atoms with van der Waals surface area (Å²) < 4.78 is 39.4. The molecule has 0 fully saturated rings. The molecule has 2 aromatic carbocycles. The Morgan fingerprint density at radius 2 is 1.78 bits per heavy atom. The molecule has 120 valence electrons. The van der Waals surface area contributed by atoms with Crippen molar-refractivity contribution in [1.82, 2.24) is 0 Å². The molecule has 0 aliphatic heterocycles. The lowest BCUT2D eigenvalue weighted by Crippen LogP contribution is -2.14. The Balaban J connectivity index is 2.16. The van der Waals surface area contributed by atoms with Gasteiger partial charge in [-0.3, -0.25) is 4.79 Å². The van der Waals surface area contributed by atoms with E-state index in [1.54, 1.807) is 46.9 Å². The molecule has 1 N–H and O–H groups in total. The fourth-order valence-corrected chi connectivity index (χ4v) is 2.40. The van der Waals surface area contributed by atoms with Crippen LogP contribution in [0.2, 0.25) is 5.02 Å². The fraction of sp³-hybridized carbons (Fsp3) is 0.0625. The van der Waals surface area contributed by atoms with Crippen molar-refractivity contribution in [3.63, 3.8) is 0 Å². The van der Waals surface area contributed by atoms with Gasteiger partial charge >= 0.3 is 6.18 Å². The van der Waals surface area contributed by atoms with Gasteiger partial charge in [0.15, 0.2) is 0 Å². The predicted octanol–water partition coefficient (Wildman–Crippen LogP) is 5.62. The van der Waals surface area contributed by atoms with Crippen LogP contribution in [0.4, 0.5) is 18.9 Å². The van der Waals surface area contributed by atoms with Crippen LogP contribution in [-0.2, 0) is 11.0 Å². The van der Waals surface area contributed by atoms with Gasteiger partial charge in [0.05, 0.1) is 11.3 Å². The molecule has 0 atom stereocenters. The standard InChI is InChI=1S/C16H10ClF3INO/c17-11-4-1-10(2-5-11)3-8-15(23)22-14-7-6-12(21)9-13(14)16(18,19)20/h1-9H,(H,22,23). The molecule has 23 heavy (non-hydrogen) atoms. The van der Waals surface area contributed by atoms with Crippen LogP contribution in [0.5, 0.6) is 0 Å². The second-order valence-corrected chi connectivity index (χ2v) is 6.24. The highest BCUT2D eigenvalue weighted by atomic mass is 127. The quantitative estimate of drug-likeness (QED) is 0.477. The molecule has 1 amide bonds. The summed E-state index contributed by atoms with van der Waals surface area (Å²) in [5.74, 6) is -0.647. The van der Waals surface area contributed by atoms with Crippen molar-refractivity contribution >= 4 is 51.9 Å². The van der Waals surface area contributed by atoms with Crippen LogP contribution in [0.25, 0.3) is 6.08 Å². The first-order chi connectivity index (χ1) is 10.8. The lowest BCUT2D eigenvalue weighted by Gasteiger charge is -2.13. The average molecular weight is 452 g/mol. The van der Waals surface area contributed by atoms with Gasteiger partial charge in [-0.1, -0.05) is 23.7 Å². The normalized spacial score (nSPS) is 11.7. The summed E-state index contributed by atoms with van der Waals surface area (Å²) in [6.07, 6.45) is -1.88. The summed E-state index contributed by atoms with van der Waals surface area (Å²) in [4.78, 5) is 11.8. The second-order valence-electron chi connectivity index (χ2n) is 4.56. The van der Waals surface area contributed by atoms with Gasteiger partial charge in [0.2, 0.25) is 5.91 Å². The number of anilines is 1. The summed E-state index contributed by atoms with van der Waals surface area (Å²) in [5, 5.41) is 2.81. The maximum Gasteiger partial charge on any atom is 0.418 e. The molecule has 0 aromatic heterocycles. The molecule has 0 radical (unpaired) electrons. The van der Waals surface area contributed by atoms with Gasteiger partial charge in [-0.25, -0.2) is 0 Å². The Hall–Kier alpha value is -1.54. The zero-order valence-electron chi connectivity index (χ0n) is 11.5. The average Bonchev–Trinajstić information content (AvgIpc) is 2.47. The van der Waals surface area contributed by atoms with Crippen molar-refractivity contribution in [3.8, 4) is 0 Å². The van der Waals surface area contributed by atoms with Crippen LogP contribution in [0.3, 0.4) is 0 Å². The maximum atomic E-state index is 13.0. The van der Waals surface area contributed by atoms with E-state index < -0.39 is 17.6 Å². The topological polar surface area (TPSA) is 29.1 Å². The number of halogens is 5. The van der Waals surface area contributed by atoms with Crippen molar-refractivity contribution in [1.29, 1.82) is 0 Å². The van der Waals surface area contributed by atoms with Gasteiger partial charge in [0.25, 0.3) is 0 Å². The van der Waals surface area contributed by atoms with Gasteiger partial charge in [-0.2, -0.15) is 13.2 Å². The number of alkyl halides is 3. The first-order valence-electron chi connectivity index (χ1n) is 6.37. The Bertz CT molecular complexity index is 742. The summed E-state index contributed by atoms with van der Waals surface area (Å²) in [6, 6.07) is 10.4. The minimum Gasteiger partial charge on any atom is -0.322 e. The summed E-state index contributed by atoms with van der Waals surface area (Å²) in [6.45, 7) is 0. The third-order valence-corrected chi connectivity index (χ3v) is 3.77. The molecular formula is C16H10ClF3INO. The minimum absolute atomic E-state index is 0.274. The third-order valence-electron chi connectivity index (χ3n) is 2.84. The zero-order valence-corrected chi connectivity index (χ0v) is 14.4. The van der Waals surface area contributed by atoms with Crippen molar-refractivity contribution in [2.45, 2.75) is 6.18 Å². The largest absolute Gasteiger partial charge is 0.418 e. The highest BCUT2D eigenvalue weighted by Crippen LogP contribution is 2.35. The molecule has 0 spiro atoms. The van der Waals surface area contributed by atoms with Crippen LogP contribution >= 0.6 is 34.2 Å². The third kappa shape index (κ3) is 5.24. The number of hydrogen-bond acceptors (Lipinski definition) is 1. The van der Waals surface area contributed by atoms with E-state index in [2.05, 4.69) is 5.32 Å². The van der Waals surface area contributed by atoms with Crippen LogP contribution in [0, 0.1) is 3.57 Å². The lowest BCUT2D eigenvalue weighted by molar-refractivity contribution is -0.137. The fourth-order valence-electron chi connectivity index (χ4n) is 1.78. The van der Waals surface area contributed by atoms with Crippen molar-refractivity contribution in [2.24, 2.45) is 0 Å². The zero-order chi connectivity index (χ0) is 17.0. The summed E-state index contributed by atoms with van der Waals surface area (Å²) in [5.41, 5.74) is -0.440. The van der Waals surface area contributed by atoms with Gasteiger partial charge in [-0.15, -0.1) is 0 Å². The van der Waals surface area contributed by atoms with Crippen molar-refractivity contribution in [3.05, 3.63) is 68.3 Å². The first-order valence-corrected chi connectivity index (χ1v) is 7.83. The van der Waals surface area contributed by atoms with Crippen molar-refractivity contribution < 1.29 is 18.0 Å². The van der Waals surface area contributed by atoms with E-state index in [1.807, 2.05) is 0 Å². The molecule has 7 heteroatoms. The molecule has 0 aliphatic rings. The smallest absolute Gasteiger partial charge is 0.322 e. The molecular weight excluding hydrogens is 442 g/mol. The molecule has 0 saturated heterocycles. The molecule has 0 saturated carbocycles. The molecule has 2 nitrogen and oxygen atoms in total. The Morgan fingerprint density at radius 1 is 1.13 bits per heavy atom. The number of amides is 1. The maximum absolute atomic E-state index is 13.0. The summed E-state index contributed by atoms with van der Waals surface area (Å²) >= 11 is 7.53. The van der Waals surface area contributed by atoms with Crippen LogP contribution < -0.4 is 5.32 Å². The number of hydrogen-bond donors (Lipinski definition) is 1. The number of carbonyl (C=O) groups excluding carboxylic acids is 1. The highest BCUT2D eigenvalue weighted by Gasteiger charge is 2.34. The van der Waals surface area contributed by atoms with Gasteiger partial charge in [0, 0.05) is 14.7 Å². The van der Waals surface area contributed by atoms with E-state index in [4.69, 9.17) is 11.6 Å². The second kappa shape index (κ2) is 7.35. The van der Waals surface area contributed by atoms with E-state index >= 15 is 0 Å².